The minimum atomic E-state index is 0.437. The Morgan fingerprint density at radius 3 is 2.23 bits per heavy atom. The third-order valence-electron chi connectivity index (χ3n) is 2.05. The highest BCUT2D eigenvalue weighted by molar-refractivity contribution is 5.98. The standard InChI is InChI=1S/C12H21N/c1-9(2)5-8-12(11-6-7-11)13-10(3)4/h5,8-11H,6-7H2,1-4H3/b8-5-,13-12?. The van der Waals surface area contributed by atoms with Crippen LogP contribution in [0.25, 0.3) is 0 Å². The van der Waals surface area contributed by atoms with E-state index in [4.69, 9.17) is 0 Å². The largest absolute Gasteiger partial charge is 0.287 e. The van der Waals surface area contributed by atoms with E-state index in [1.54, 1.807) is 0 Å². The van der Waals surface area contributed by atoms with Crippen molar-refractivity contribution in [2.24, 2.45) is 16.8 Å². The molecule has 0 amide bonds. The molecule has 1 aliphatic carbocycles. The van der Waals surface area contributed by atoms with Gasteiger partial charge in [-0.15, -0.1) is 0 Å². The lowest BCUT2D eigenvalue weighted by molar-refractivity contribution is 0.821. The summed E-state index contributed by atoms with van der Waals surface area (Å²) >= 11 is 0. The smallest absolute Gasteiger partial charge is 0.0446 e. The van der Waals surface area contributed by atoms with Crippen molar-refractivity contribution in [3.05, 3.63) is 12.2 Å². The molecule has 1 fully saturated rings. The lowest BCUT2D eigenvalue weighted by atomic mass is 10.1. The first-order valence-electron chi connectivity index (χ1n) is 5.35. The van der Waals surface area contributed by atoms with E-state index in [1.165, 1.54) is 18.6 Å². The average molecular weight is 179 g/mol. The number of nitrogens with zero attached hydrogens (tertiary/aromatic N) is 1. The zero-order valence-electron chi connectivity index (χ0n) is 9.25. The average Bonchev–Trinajstić information content (AvgIpc) is 2.78. The SMILES string of the molecule is CC(C)/C=C\C(=NC(C)C)C1CC1. The molecule has 0 spiro atoms. The van der Waals surface area contributed by atoms with Crippen molar-refractivity contribution < 1.29 is 0 Å². The molecule has 0 aromatic rings. The summed E-state index contributed by atoms with van der Waals surface area (Å²) in [6, 6.07) is 0.437. The Kier molecular flexibility index (Phi) is 3.71. The van der Waals surface area contributed by atoms with E-state index in [0.29, 0.717) is 12.0 Å². The first kappa shape index (κ1) is 10.5. The van der Waals surface area contributed by atoms with Crippen LogP contribution in [0.4, 0.5) is 0 Å². The quantitative estimate of drug-likeness (QED) is 0.586. The summed E-state index contributed by atoms with van der Waals surface area (Å²) in [5.74, 6) is 1.41. The highest BCUT2D eigenvalue weighted by Crippen LogP contribution is 2.31. The normalized spacial score (nSPS) is 19.4. The van der Waals surface area contributed by atoms with Gasteiger partial charge in [-0.3, -0.25) is 4.99 Å². The minimum Gasteiger partial charge on any atom is -0.287 e. The Balaban J connectivity index is 2.57. The Labute approximate surface area is 82.0 Å². The predicted molar refractivity (Wildman–Crippen MR) is 59.3 cm³/mol. The van der Waals surface area contributed by atoms with Crippen LogP contribution in [0.5, 0.6) is 0 Å². The summed E-state index contributed by atoms with van der Waals surface area (Å²) in [5.41, 5.74) is 1.32. The summed E-state index contributed by atoms with van der Waals surface area (Å²) in [7, 11) is 0. The van der Waals surface area contributed by atoms with Gasteiger partial charge in [-0.1, -0.05) is 19.9 Å². The van der Waals surface area contributed by atoms with E-state index in [-0.39, 0.29) is 0 Å². The van der Waals surface area contributed by atoms with Crippen LogP contribution in [-0.4, -0.2) is 11.8 Å². The third kappa shape index (κ3) is 4.25. The first-order chi connectivity index (χ1) is 6.09. The van der Waals surface area contributed by atoms with Crippen molar-refractivity contribution >= 4 is 5.71 Å². The Bertz CT molecular complexity index is 207. The second-order valence-electron chi connectivity index (χ2n) is 4.53. The molecule has 0 heterocycles. The molecule has 0 aromatic carbocycles. The van der Waals surface area contributed by atoms with Gasteiger partial charge >= 0.3 is 0 Å². The molecule has 0 bridgehead atoms. The number of hydrogen-bond donors (Lipinski definition) is 0. The first-order valence-corrected chi connectivity index (χ1v) is 5.35. The predicted octanol–water partition coefficient (Wildman–Crippen LogP) is 3.46. The highest BCUT2D eigenvalue weighted by atomic mass is 14.8. The molecule has 0 aromatic heterocycles. The molecule has 0 saturated heterocycles. The van der Waals surface area contributed by atoms with E-state index in [9.17, 15) is 0 Å². The zero-order valence-corrected chi connectivity index (χ0v) is 9.25. The molecular formula is C12H21N. The second-order valence-corrected chi connectivity index (χ2v) is 4.53. The van der Waals surface area contributed by atoms with E-state index >= 15 is 0 Å². The van der Waals surface area contributed by atoms with E-state index < -0.39 is 0 Å². The van der Waals surface area contributed by atoms with Gasteiger partial charge in [-0.05, 0) is 38.7 Å². The lowest BCUT2D eigenvalue weighted by Crippen LogP contribution is -2.02. The summed E-state index contributed by atoms with van der Waals surface area (Å²) in [6.45, 7) is 8.70. The van der Waals surface area contributed by atoms with Crippen LogP contribution < -0.4 is 0 Å². The number of aliphatic imine (C=N–C) groups is 1. The topological polar surface area (TPSA) is 12.4 Å². The molecule has 74 valence electrons. The van der Waals surface area contributed by atoms with Gasteiger partial charge in [-0.2, -0.15) is 0 Å². The van der Waals surface area contributed by atoms with Crippen LogP contribution in [0.1, 0.15) is 40.5 Å². The summed E-state index contributed by atoms with van der Waals surface area (Å²) in [6.07, 6.45) is 7.16. The number of hydrogen-bond acceptors (Lipinski definition) is 1. The van der Waals surface area contributed by atoms with Gasteiger partial charge in [0.1, 0.15) is 0 Å². The van der Waals surface area contributed by atoms with Gasteiger partial charge in [0.05, 0.1) is 0 Å². The maximum atomic E-state index is 4.64. The molecule has 13 heavy (non-hydrogen) atoms. The molecule has 0 unspecified atom stereocenters. The molecule has 0 N–H and O–H groups in total. The van der Waals surface area contributed by atoms with Crippen LogP contribution in [0.2, 0.25) is 0 Å². The lowest BCUT2D eigenvalue weighted by Gasteiger charge is -2.02. The summed E-state index contributed by atoms with van der Waals surface area (Å²) in [4.78, 5) is 4.64. The number of rotatable bonds is 4. The van der Waals surface area contributed by atoms with Gasteiger partial charge in [0.2, 0.25) is 0 Å². The molecule has 1 heteroatoms. The fourth-order valence-electron chi connectivity index (χ4n) is 1.25. The molecule has 0 radical (unpaired) electrons. The fraction of sp³-hybridized carbons (Fsp3) is 0.750. The molecule has 1 nitrogen and oxygen atoms in total. The molecule has 1 saturated carbocycles. The highest BCUT2D eigenvalue weighted by Gasteiger charge is 2.25. The van der Waals surface area contributed by atoms with Crippen molar-refractivity contribution in [3.8, 4) is 0 Å². The van der Waals surface area contributed by atoms with E-state index in [1.807, 2.05) is 0 Å². The fourth-order valence-corrected chi connectivity index (χ4v) is 1.25. The Morgan fingerprint density at radius 2 is 1.85 bits per heavy atom. The van der Waals surface area contributed by atoms with Crippen LogP contribution in [0.3, 0.4) is 0 Å². The molecular weight excluding hydrogens is 158 g/mol. The maximum Gasteiger partial charge on any atom is 0.0446 e. The second kappa shape index (κ2) is 4.59. The molecule has 0 aliphatic heterocycles. The van der Waals surface area contributed by atoms with Crippen molar-refractivity contribution in [1.29, 1.82) is 0 Å². The zero-order chi connectivity index (χ0) is 9.84. The Morgan fingerprint density at radius 1 is 1.23 bits per heavy atom. The van der Waals surface area contributed by atoms with Gasteiger partial charge in [0, 0.05) is 17.7 Å². The Hall–Kier alpha value is -0.590. The molecule has 0 atom stereocenters. The maximum absolute atomic E-state index is 4.64. The van der Waals surface area contributed by atoms with Crippen LogP contribution >= 0.6 is 0 Å². The van der Waals surface area contributed by atoms with Crippen LogP contribution in [0, 0.1) is 11.8 Å². The van der Waals surface area contributed by atoms with Crippen LogP contribution in [0.15, 0.2) is 17.1 Å². The van der Waals surface area contributed by atoms with E-state index in [2.05, 4.69) is 44.8 Å². The van der Waals surface area contributed by atoms with Crippen molar-refractivity contribution in [2.75, 3.05) is 0 Å². The van der Waals surface area contributed by atoms with Gasteiger partial charge in [-0.25, -0.2) is 0 Å². The number of allylic oxidation sites excluding steroid dienone is 2. The molecule has 1 aliphatic rings. The minimum absolute atomic E-state index is 0.437. The van der Waals surface area contributed by atoms with Gasteiger partial charge in [0.25, 0.3) is 0 Å². The third-order valence-corrected chi connectivity index (χ3v) is 2.05. The molecule has 1 rings (SSSR count). The monoisotopic (exact) mass is 179 g/mol. The van der Waals surface area contributed by atoms with Crippen LogP contribution in [-0.2, 0) is 0 Å². The van der Waals surface area contributed by atoms with Crippen molar-refractivity contribution in [3.63, 3.8) is 0 Å². The van der Waals surface area contributed by atoms with Crippen molar-refractivity contribution in [2.45, 2.75) is 46.6 Å². The van der Waals surface area contributed by atoms with Crippen molar-refractivity contribution in [1.82, 2.24) is 0 Å². The van der Waals surface area contributed by atoms with E-state index in [0.717, 1.165) is 5.92 Å². The summed E-state index contributed by atoms with van der Waals surface area (Å²) in [5, 5.41) is 0. The van der Waals surface area contributed by atoms with Gasteiger partial charge < -0.3 is 0 Å². The summed E-state index contributed by atoms with van der Waals surface area (Å²) < 4.78 is 0. The van der Waals surface area contributed by atoms with Gasteiger partial charge in [0.15, 0.2) is 0 Å².